The molecule has 4 atom stereocenters. The van der Waals surface area contributed by atoms with Crippen LogP contribution in [0.4, 0.5) is 0 Å². The van der Waals surface area contributed by atoms with Gasteiger partial charge in [0.2, 0.25) is 11.8 Å². The van der Waals surface area contributed by atoms with Crippen molar-refractivity contribution in [3.8, 4) is 0 Å². The van der Waals surface area contributed by atoms with Gasteiger partial charge in [0.1, 0.15) is 16.8 Å². The molecule has 7 N–H and O–H groups in total. The largest absolute Gasteiger partial charge is 0.481 e. The number of aromatic nitrogens is 1. The third kappa shape index (κ3) is 17.4. The Morgan fingerprint density at radius 2 is 1.65 bits per heavy atom. The standard InChI is InChI=1S/C27H39N3O5S.C7H16N2O/c1-5-6-12-24(32)29-21(17(2)3)15-23(31)26-30-22(16-36-26)25(33)28-20(13-18(4)27(34)35)14-19-10-8-7-9-11-19;1-9-6-4-2-3-5-7(8)10/h7-11,16-18,20-21,23,31H,5-6,12-15H2,1-4H3,(H,28,33)(H,29,32)(H,34,35);9H,2-6H2,1H3,(H2,8,10). The van der Waals surface area contributed by atoms with Gasteiger partial charge in [-0.15, -0.1) is 11.3 Å². The Hall–Kier alpha value is -3.35. The number of nitrogens with one attached hydrogen (secondary N) is 3. The number of carboxylic acid groups (broad SMARTS) is 1. The van der Waals surface area contributed by atoms with E-state index in [0.717, 1.165) is 44.2 Å². The van der Waals surface area contributed by atoms with E-state index in [1.807, 2.05) is 58.2 Å². The molecular weight excluding hydrogens is 606 g/mol. The van der Waals surface area contributed by atoms with Gasteiger partial charge in [-0.3, -0.25) is 19.2 Å². The number of nitrogens with two attached hydrogens (primary N) is 1. The van der Waals surface area contributed by atoms with Crippen LogP contribution < -0.4 is 21.7 Å². The molecule has 1 aromatic carbocycles. The fourth-order valence-corrected chi connectivity index (χ4v) is 5.45. The molecule has 0 spiro atoms. The fourth-order valence-electron chi connectivity index (χ4n) is 4.66. The minimum Gasteiger partial charge on any atom is -0.481 e. The number of carbonyl (C=O) groups is 4. The number of amides is 3. The highest BCUT2D eigenvalue weighted by molar-refractivity contribution is 7.09. The summed E-state index contributed by atoms with van der Waals surface area (Å²) in [4.78, 5) is 51.1. The molecule has 0 saturated carbocycles. The van der Waals surface area contributed by atoms with Crippen LogP contribution in [0.2, 0.25) is 0 Å². The van der Waals surface area contributed by atoms with E-state index >= 15 is 0 Å². The van der Waals surface area contributed by atoms with Crippen LogP contribution in [-0.2, 0) is 20.8 Å². The quantitative estimate of drug-likeness (QED) is 0.105. The van der Waals surface area contributed by atoms with Crippen LogP contribution in [0.3, 0.4) is 0 Å². The minimum absolute atomic E-state index is 0.0259. The molecule has 0 aliphatic heterocycles. The zero-order chi connectivity index (χ0) is 34.5. The molecule has 2 rings (SSSR count). The van der Waals surface area contributed by atoms with Gasteiger partial charge in [0.15, 0.2) is 0 Å². The van der Waals surface area contributed by atoms with Crippen LogP contribution in [0.15, 0.2) is 35.7 Å². The average molecular weight is 662 g/mol. The third-order valence-electron chi connectivity index (χ3n) is 7.50. The van der Waals surface area contributed by atoms with Gasteiger partial charge >= 0.3 is 5.97 Å². The van der Waals surface area contributed by atoms with Gasteiger partial charge in [0.25, 0.3) is 5.91 Å². The number of thiazole rings is 1. The van der Waals surface area contributed by atoms with E-state index in [-0.39, 0.29) is 41.9 Å². The number of carboxylic acids is 1. The number of benzene rings is 1. The molecule has 11 nitrogen and oxygen atoms in total. The van der Waals surface area contributed by atoms with Crippen molar-refractivity contribution in [3.63, 3.8) is 0 Å². The van der Waals surface area contributed by atoms with Crippen molar-refractivity contribution in [1.29, 1.82) is 0 Å². The van der Waals surface area contributed by atoms with Gasteiger partial charge in [0, 0.05) is 36.7 Å². The number of rotatable bonds is 21. The van der Waals surface area contributed by atoms with Crippen LogP contribution in [-0.4, -0.2) is 64.6 Å². The van der Waals surface area contributed by atoms with Crippen LogP contribution in [0, 0.1) is 11.8 Å². The molecule has 4 unspecified atom stereocenters. The normalized spacial score (nSPS) is 13.5. The lowest BCUT2D eigenvalue weighted by Crippen LogP contribution is -2.39. The van der Waals surface area contributed by atoms with Gasteiger partial charge in [-0.25, -0.2) is 4.98 Å². The molecule has 1 heterocycles. The Labute approximate surface area is 278 Å². The fraction of sp³-hybridized carbons (Fsp3) is 0.618. The number of nitrogens with zero attached hydrogens (tertiary/aromatic N) is 1. The van der Waals surface area contributed by atoms with E-state index in [9.17, 15) is 29.4 Å². The van der Waals surface area contributed by atoms with Crippen LogP contribution in [0.1, 0.15) is 113 Å². The van der Waals surface area contributed by atoms with Crippen molar-refractivity contribution >= 4 is 35.0 Å². The molecule has 258 valence electrons. The molecule has 0 saturated heterocycles. The molecule has 0 aliphatic carbocycles. The van der Waals surface area contributed by atoms with E-state index in [1.54, 1.807) is 12.3 Å². The summed E-state index contributed by atoms with van der Waals surface area (Å²) in [5.41, 5.74) is 6.13. The van der Waals surface area contributed by atoms with Gasteiger partial charge in [-0.1, -0.05) is 70.9 Å². The smallest absolute Gasteiger partial charge is 0.306 e. The summed E-state index contributed by atoms with van der Waals surface area (Å²) in [6.07, 6.45) is 6.06. The van der Waals surface area contributed by atoms with E-state index in [2.05, 4.69) is 20.9 Å². The molecule has 0 aliphatic rings. The van der Waals surface area contributed by atoms with Gasteiger partial charge < -0.3 is 31.9 Å². The first-order valence-corrected chi connectivity index (χ1v) is 17.2. The summed E-state index contributed by atoms with van der Waals surface area (Å²) in [6, 6.07) is 8.99. The number of aliphatic hydroxyl groups is 1. The Balaban J connectivity index is 0.000000908. The molecule has 46 heavy (non-hydrogen) atoms. The van der Waals surface area contributed by atoms with E-state index in [1.165, 1.54) is 11.3 Å². The van der Waals surface area contributed by atoms with Crippen molar-refractivity contribution < 1.29 is 29.4 Å². The minimum atomic E-state index is -0.914. The van der Waals surface area contributed by atoms with Crippen molar-refractivity contribution in [2.45, 2.75) is 110 Å². The third-order valence-corrected chi connectivity index (χ3v) is 8.44. The first kappa shape index (κ1) is 40.7. The Morgan fingerprint density at radius 1 is 0.957 bits per heavy atom. The molecule has 0 fully saturated rings. The number of primary amides is 1. The summed E-state index contributed by atoms with van der Waals surface area (Å²) < 4.78 is 0. The summed E-state index contributed by atoms with van der Waals surface area (Å²) in [7, 11) is 1.92. The average Bonchev–Trinajstić information content (AvgIpc) is 3.51. The summed E-state index contributed by atoms with van der Waals surface area (Å²) in [5, 5.41) is 31.1. The summed E-state index contributed by atoms with van der Waals surface area (Å²) in [5.74, 6) is -2.03. The summed E-state index contributed by atoms with van der Waals surface area (Å²) in [6.45, 7) is 8.66. The molecule has 0 bridgehead atoms. The zero-order valence-corrected chi connectivity index (χ0v) is 28.9. The highest BCUT2D eigenvalue weighted by atomic mass is 32.1. The predicted molar refractivity (Wildman–Crippen MR) is 182 cm³/mol. The summed E-state index contributed by atoms with van der Waals surface area (Å²) >= 11 is 1.19. The highest BCUT2D eigenvalue weighted by Crippen LogP contribution is 2.25. The van der Waals surface area contributed by atoms with Crippen molar-refractivity contribution in [2.75, 3.05) is 13.6 Å². The number of aliphatic carboxylic acids is 1. The maximum atomic E-state index is 13.0. The van der Waals surface area contributed by atoms with E-state index in [4.69, 9.17) is 5.73 Å². The molecular formula is C34H55N5O6S. The molecule has 3 amide bonds. The van der Waals surface area contributed by atoms with Gasteiger partial charge in [0.05, 0.1) is 5.92 Å². The number of aliphatic hydroxyl groups excluding tert-OH is 1. The Morgan fingerprint density at radius 3 is 2.24 bits per heavy atom. The zero-order valence-electron chi connectivity index (χ0n) is 28.1. The van der Waals surface area contributed by atoms with Crippen molar-refractivity contribution in [1.82, 2.24) is 20.9 Å². The van der Waals surface area contributed by atoms with Crippen LogP contribution in [0.5, 0.6) is 0 Å². The first-order valence-electron chi connectivity index (χ1n) is 16.3. The van der Waals surface area contributed by atoms with E-state index in [0.29, 0.717) is 30.7 Å². The lowest BCUT2D eigenvalue weighted by molar-refractivity contribution is -0.141. The van der Waals surface area contributed by atoms with Crippen molar-refractivity contribution in [3.05, 3.63) is 52.0 Å². The highest BCUT2D eigenvalue weighted by Gasteiger charge is 2.25. The molecule has 2 aromatic rings. The van der Waals surface area contributed by atoms with Gasteiger partial charge in [-0.05, 0) is 57.2 Å². The number of hydrogen-bond donors (Lipinski definition) is 6. The molecule has 0 radical (unpaired) electrons. The van der Waals surface area contributed by atoms with Crippen LogP contribution >= 0.6 is 11.3 Å². The van der Waals surface area contributed by atoms with Crippen molar-refractivity contribution in [2.24, 2.45) is 17.6 Å². The Kier molecular flexibility index (Phi) is 20.4. The molecule has 12 heteroatoms. The predicted octanol–water partition coefficient (Wildman–Crippen LogP) is 4.60. The Bertz CT molecular complexity index is 1180. The SMILES string of the molecule is CCCCC(=O)NC(CC(O)c1nc(C(=O)NC(Cc2ccccc2)CC(C)C(=O)O)cs1)C(C)C.CNCCCCCC(N)=O. The number of hydrogen-bond acceptors (Lipinski definition) is 8. The first-order chi connectivity index (χ1) is 21.9. The monoisotopic (exact) mass is 661 g/mol. The number of carbonyl (C=O) groups excluding carboxylic acids is 3. The van der Waals surface area contributed by atoms with Crippen LogP contribution in [0.25, 0.3) is 0 Å². The maximum Gasteiger partial charge on any atom is 0.306 e. The van der Waals surface area contributed by atoms with Gasteiger partial charge in [-0.2, -0.15) is 0 Å². The lowest BCUT2D eigenvalue weighted by atomic mass is 9.96. The second kappa shape index (κ2) is 23.0. The second-order valence-corrected chi connectivity index (χ2v) is 12.9. The second-order valence-electron chi connectivity index (χ2n) is 12.1. The topological polar surface area (TPSA) is 184 Å². The van der Waals surface area contributed by atoms with E-state index < -0.39 is 23.9 Å². The molecule has 1 aromatic heterocycles. The number of unbranched alkanes of at least 4 members (excludes halogenated alkanes) is 3. The lowest BCUT2D eigenvalue weighted by Gasteiger charge is -2.24. The maximum absolute atomic E-state index is 13.0.